The molecule has 35 heavy (non-hydrogen) atoms. The fraction of sp³-hybridized carbons (Fsp3) is 0.0833. The van der Waals surface area contributed by atoms with Gasteiger partial charge >= 0.3 is 0 Å². The van der Waals surface area contributed by atoms with Gasteiger partial charge in [0.25, 0.3) is 12.3 Å². The molecule has 0 spiro atoms. The molecule has 7 nitrogen and oxygen atoms in total. The highest BCUT2D eigenvalue weighted by molar-refractivity contribution is 6.30. The summed E-state index contributed by atoms with van der Waals surface area (Å²) < 4.78 is 43.4. The average Bonchev–Trinajstić information content (AvgIpc) is 3.47. The molecule has 0 radical (unpaired) electrons. The number of carbonyl (C=O) groups is 1. The minimum Gasteiger partial charge on any atom is -0.319 e. The lowest BCUT2D eigenvalue weighted by molar-refractivity contribution is 0.102. The van der Waals surface area contributed by atoms with E-state index in [0.29, 0.717) is 22.8 Å². The highest BCUT2D eigenvalue weighted by Crippen LogP contribution is 2.27. The quantitative estimate of drug-likeness (QED) is 0.331. The van der Waals surface area contributed by atoms with Crippen molar-refractivity contribution in [2.24, 2.45) is 0 Å². The normalized spacial score (nSPS) is 11.3. The molecular formula is C24H16ClF3N6O. The van der Waals surface area contributed by atoms with E-state index in [-0.39, 0.29) is 16.9 Å². The zero-order valence-corrected chi connectivity index (χ0v) is 18.6. The molecule has 1 N–H and O–H groups in total. The summed E-state index contributed by atoms with van der Waals surface area (Å²) in [5, 5.41) is 11.5. The minimum atomic E-state index is -2.87. The number of carbonyl (C=O) groups excluding carboxylic acids is 1. The van der Waals surface area contributed by atoms with E-state index >= 15 is 0 Å². The first kappa shape index (κ1) is 22.6. The van der Waals surface area contributed by atoms with Crippen LogP contribution in [0.15, 0.2) is 73.2 Å². The first-order valence-corrected chi connectivity index (χ1v) is 10.8. The van der Waals surface area contributed by atoms with E-state index < -0.39 is 23.8 Å². The Morgan fingerprint density at radius 3 is 2.49 bits per heavy atom. The summed E-state index contributed by atoms with van der Waals surface area (Å²) in [6.07, 6.45) is 1.42. The van der Waals surface area contributed by atoms with E-state index in [1.165, 1.54) is 42.7 Å². The van der Waals surface area contributed by atoms with Crippen LogP contribution in [-0.4, -0.2) is 30.3 Å². The lowest BCUT2D eigenvalue weighted by atomic mass is 10.1. The van der Waals surface area contributed by atoms with E-state index in [4.69, 9.17) is 11.6 Å². The Kier molecular flexibility index (Phi) is 5.96. The van der Waals surface area contributed by atoms with Gasteiger partial charge in [-0.1, -0.05) is 23.7 Å². The topological polar surface area (TPSA) is 77.1 Å². The molecule has 0 fully saturated rings. The van der Waals surface area contributed by atoms with Gasteiger partial charge in [0, 0.05) is 16.8 Å². The Labute approximate surface area is 201 Å². The molecule has 0 aliphatic heterocycles. The lowest BCUT2D eigenvalue weighted by Crippen LogP contribution is -2.12. The Bertz CT molecular complexity index is 1510. The van der Waals surface area contributed by atoms with Crippen LogP contribution in [0.4, 0.5) is 18.9 Å². The summed E-state index contributed by atoms with van der Waals surface area (Å²) >= 11 is 5.91. The molecule has 176 valence electrons. The van der Waals surface area contributed by atoms with Crippen LogP contribution < -0.4 is 5.32 Å². The minimum absolute atomic E-state index is 0.00122. The molecule has 3 heterocycles. The van der Waals surface area contributed by atoms with Crippen molar-refractivity contribution in [3.8, 4) is 11.3 Å². The maximum absolute atomic E-state index is 13.8. The van der Waals surface area contributed by atoms with Crippen LogP contribution in [-0.2, 0) is 6.54 Å². The van der Waals surface area contributed by atoms with Gasteiger partial charge in [-0.3, -0.25) is 9.48 Å². The highest BCUT2D eigenvalue weighted by atomic mass is 35.5. The van der Waals surface area contributed by atoms with Gasteiger partial charge in [0.1, 0.15) is 17.1 Å². The van der Waals surface area contributed by atoms with Gasteiger partial charge in [0.2, 0.25) is 0 Å². The number of nitrogens with one attached hydrogen (secondary N) is 1. The van der Waals surface area contributed by atoms with E-state index in [1.54, 1.807) is 23.0 Å². The second kappa shape index (κ2) is 9.22. The molecular weight excluding hydrogens is 481 g/mol. The van der Waals surface area contributed by atoms with Crippen molar-refractivity contribution in [3.05, 3.63) is 101 Å². The van der Waals surface area contributed by atoms with Crippen molar-refractivity contribution in [2.45, 2.75) is 13.0 Å². The Hall–Kier alpha value is -4.18. The van der Waals surface area contributed by atoms with Gasteiger partial charge in [0.05, 0.1) is 30.3 Å². The summed E-state index contributed by atoms with van der Waals surface area (Å²) in [5.74, 6) is -1.06. The zero-order valence-electron chi connectivity index (χ0n) is 17.9. The van der Waals surface area contributed by atoms with Crippen LogP contribution in [0, 0.1) is 5.82 Å². The van der Waals surface area contributed by atoms with E-state index in [2.05, 4.69) is 20.5 Å². The maximum atomic E-state index is 13.8. The molecule has 5 aromatic rings. The summed E-state index contributed by atoms with van der Waals surface area (Å²) in [4.78, 5) is 17.3. The summed E-state index contributed by atoms with van der Waals surface area (Å²) in [7, 11) is 0. The molecule has 3 aromatic heterocycles. The molecule has 0 saturated heterocycles. The SMILES string of the molecule is O=C(Nc1cnn(Cc2ccc(Cl)cc2)c1)c1cnn2c(C(F)F)cc(-c3ccc(F)cc3)nc12. The van der Waals surface area contributed by atoms with Crippen LogP contribution in [0.2, 0.25) is 5.02 Å². The number of fused-ring (bicyclic) bond motifs is 1. The van der Waals surface area contributed by atoms with Crippen LogP contribution >= 0.6 is 11.6 Å². The van der Waals surface area contributed by atoms with Gasteiger partial charge in [-0.05, 0) is 48.0 Å². The van der Waals surface area contributed by atoms with E-state index in [9.17, 15) is 18.0 Å². The number of amides is 1. The van der Waals surface area contributed by atoms with Crippen LogP contribution in [0.5, 0.6) is 0 Å². The first-order chi connectivity index (χ1) is 16.9. The Morgan fingerprint density at radius 2 is 1.77 bits per heavy atom. The number of anilines is 1. The summed E-state index contributed by atoms with van der Waals surface area (Å²) in [6.45, 7) is 0.462. The molecule has 0 aliphatic carbocycles. The average molecular weight is 497 g/mol. The summed E-state index contributed by atoms with van der Waals surface area (Å²) in [5.41, 5.74) is 1.48. The van der Waals surface area contributed by atoms with Crippen molar-refractivity contribution in [1.29, 1.82) is 0 Å². The fourth-order valence-corrected chi connectivity index (χ4v) is 3.69. The number of halogens is 4. The highest BCUT2D eigenvalue weighted by Gasteiger charge is 2.22. The van der Waals surface area contributed by atoms with Gasteiger partial charge in [0.15, 0.2) is 5.65 Å². The molecule has 0 saturated carbocycles. The van der Waals surface area contributed by atoms with Crippen LogP contribution in [0.3, 0.4) is 0 Å². The van der Waals surface area contributed by atoms with Crippen molar-refractivity contribution >= 4 is 28.8 Å². The second-order valence-corrected chi connectivity index (χ2v) is 8.11. The van der Waals surface area contributed by atoms with Crippen molar-refractivity contribution < 1.29 is 18.0 Å². The first-order valence-electron chi connectivity index (χ1n) is 10.4. The Morgan fingerprint density at radius 1 is 1.03 bits per heavy atom. The standard InChI is InChI=1S/C24H16ClF3N6O/c25-16-5-1-14(2-6-16)12-33-13-18(10-29-33)31-24(35)19-11-30-34-21(22(27)28)9-20(32-23(19)34)15-3-7-17(26)8-4-15/h1-11,13,22H,12H2,(H,31,35). The third-order valence-electron chi connectivity index (χ3n) is 5.26. The number of rotatable bonds is 6. The third-order valence-corrected chi connectivity index (χ3v) is 5.51. The predicted molar refractivity (Wildman–Crippen MR) is 124 cm³/mol. The smallest absolute Gasteiger partial charge is 0.280 e. The van der Waals surface area contributed by atoms with Crippen LogP contribution in [0.25, 0.3) is 16.9 Å². The molecule has 1 amide bonds. The van der Waals surface area contributed by atoms with Crippen molar-refractivity contribution in [1.82, 2.24) is 24.4 Å². The van der Waals surface area contributed by atoms with E-state index in [1.807, 2.05) is 12.1 Å². The monoisotopic (exact) mass is 496 g/mol. The number of aromatic nitrogens is 5. The third kappa shape index (κ3) is 4.73. The number of alkyl halides is 2. The number of hydrogen-bond acceptors (Lipinski definition) is 4. The number of hydrogen-bond donors (Lipinski definition) is 1. The molecule has 0 bridgehead atoms. The number of nitrogens with zero attached hydrogens (tertiary/aromatic N) is 5. The fourth-order valence-electron chi connectivity index (χ4n) is 3.56. The largest absolute Gasteiger partial charge is 0.319 e. The molecule has 5 rings (SSSR count). The summed E-state index contributed by atoms with van der Waals surface area (Å²) in [6, 6.07) is 13.7. The van der Waals surface area contributed by atoms with Crippen LogP contribution in [0.1, 0.15) is 28.0 Å². The number of benzene rings is 2. The molecule has 0 unspecified atom stereocenters. The van der Waals surface area contributed by atoms with Gasteiger partial charge in [-0.25, -0.2) is 22.7 Å². The Balaban J connectivity index is 1.43. The second-order valence-electron chi connectivity index (χ2n) is 7.67. The van der Waals surface area contributed by atoms with Gasteiger partial charge in [-0.15, -0.1) is 0 Å². The maximum Gasteiger partial charge on any atom is 0.280 e. The lowest BCUT2D eigenvalue weighted by Gasteiger charge is -2.08. The van der Waals surface area contributed by atoms with Crippen molar-refractivity contribution in [2.75, 3.05) is 5.32 Å². The van der Waals surface area contributed by atoms with E-state index in [0.717, 1.165) is 10.1 Å². The molecule has 11 heteroatoms. The molecule has 2 aromatic carbocycles. The molecule has 0 atom stereocenters. The van der Waals surface area contributed by atoms with Crippen molar-refractivity contribution in [3.63, 3.8) is 0 Å². The molecule has 0 aliphatic rings. The van der Waals surface area contributed by atoms with Gasteiger partial charge < -0.3 is 5.32 Å². The predicted octanol–water partition coefficient (Wildman–Crippen LogP) is 5.62. The zero-order chi connectivity index (χ0) is 24.5. The van der Waals surface area contributed by atoms with Gasteiger partial charge in [-0.2, -0.15) is 10.2 Å².